The molecule has 1 atom stereocenters. The number of nitrogens with one attached hydrogen (secondary N) is 1. The number of fused-ring (bicyclic) bond motifs is 1. The van der Waals surface area contributed by atoms with E-state index < -0.39 is 11.5 Å². The topological polar surface area (TPSA) is 88.5 Å². The van der Waals surface area contributed by atoms with Gasteiger partial charge in [0.15, 0.2) is 9.88 Å². The van der Waals surface area contributed by atoms with Gasteiger partial charge in [0.25, 0.3) is 0 Å². The number of benzene rings is 1. The second-order valence-corrected chi connectivity index (χ2v) is 7.23. The maximum absolute atomic E-state index is 12.0. The van der Waals surface area contributed by atoms with Gasteiger partial charge in [0, 0.05) is 13.0 Å². The SMILES string of the molecule is O=C(CSc1nc2ccccc2s1)NC1(C(=O)O)CCOC1. The van der Waals surface area contributed by atoms with Crippen LogP contribution in [0.15, 0.2) is 28.6 Å². The van der Waals surface area contributed by atoms with Gasteiger partial charge in [0.05, 0.1) is 22.6 Å². The summed E-state index contributed by atoms with van der Waals surface area (Å²) in [6.07, 6.45) is 0.292. The normalized spacial score (nSPS) is 21.1. The van der Waals surface area contributed by atoms with Crippen molar-refractivity contribution in [3.05, 3.63) is 24.3 Å². The molecule has 1 aromatic heterocycles. The number of amides is 1. The lowest BCUT2D eigenvalue weighted by atomic mass is 9.99. The lowest BCUT2D eigenvalue weighted by molar-refractivity contribution is -0.147. The number of thioether (sulfide) groups is 1. The Morgan fingerprint density at radius 2 is 2.27 bits per heavy atom. The number of ether oxygens (including phenoxy) is 1. The molecule has 0 bridgehead atoms. The van der Waals surface area contributed by atoms with E-state index in [0.29, 0.717) is 13.0 Å². The molecule has 2 heterocycles. The number of para-hydroxylation sites is 1. The summed E-state index contributed by atoms with van der Waals surface area (Å²) in [6, 6.07) is 7.76. The van der Waals surface area contributed by atoms with E-state index in [0.717, 1.165) is 14.6 Å². The van der Waals surface area contributed by atoms with E-state index in [1.165, 1.54) is 23.1 Å². The second kappa shape index (κ2) is 6.23. The van der Waals surface area contributed by atoms with Crippen LogP contribution in [0, 0.1) is 0 Å². The van der Waals surface area contributed by atoms with Crippen LogP contribution in [0.1, 0.15) is 6.42 Å². The molecule has 0 aliphatic carbocycles. The minimum Gasteiger partial charge on any atom is -0.479 e. The molecule has 3 rings (SSSR count). The van der Waals surface area contributed by atoms with Gasteiger partial charge in [-0.15, -0.1) is 11.3 Å². The maximum atomic E-state index is 12.0. The summed E-state index contributed by atoms with van der Waals surface area (Å²) in [4.78, 5) is 27.8. The van der Waals surface area contributed by atoms with Crippen molar-refractivity contribution in [1.29, 1.82) is 0 Å². The molecule has 1 aliphatic rings. The van der Waals surface area contributed by atoms with Crippen LogP contribution < -0.4 is 5.32 Å². The van der Waals surface area contributed by atoms with Gasteiger partial charge in [0.1, 0.15) is 0 Å². The fourth-order valence-electron chi connectivity index (χ4n) is 2.23. The molecule has 1 aromatic carbocycles. The molecule has 0 saturated carbocycles. The zero-order valence-electron chi connectivity index (χ0n) is 11.6. The van der Waals surface area contributed by atoms with Gasteiger partial charge in [0.2, 0.25) is 5.91 Å². The third kappa shape index (κ3) is 3.08. The molecule has 2 aromatic rings. The van der Waals surface area contributed by atoms with Gasteiger partial charge < -0.3 is 15.2 Å². The number of aromatic nitrogens is 1. The Hall–Kier alpha value is -1.64. The van der Waals surface area contributed by atoms with E-state index in [9.17, 15) is 14.7 Å². The Bertz CT molecular complexity index is 677. The number of rotatable bonds is 5. The highest BCUT2D eigenvalue weighted by atomic mass is 32.2. The first-order valence-corrected chi connectivity index (χ1v) is 8.50. The highest BCUT2D eigenvalue weighted by Crippen LogP contribution is 2.29. The molecule has 1 amide bonds. The van der Waals surface area contributed by atoms with Crippen molar-refractivity contribution >= 4 is 45.2 Å². The van der Waals surface area contributed by atoms with Crippen molar-refractivity contribution in [2.75, 3.05) is 19.0 Å². The number of hydrogen-bond donors (Lipinski definition) is 2. The first kappa shape index (κ1) is 15.3. The molecule has 6 nitrogen and oxygen atoms in total. The van der Waals surface area contributed by atoms with Crippen molar-refractivity contribution in [1.82, 2.24) is 10.3 Å². The quantitative estimate of drug-likeness (QED) is 0.808. The summed E-state index contributed by atoms with van der Waals surface area (Å²) in [5, 5.41) is 11.9. The zero-order chi connectivity index (χ0) is 15.6. The van der Waals surface area contributed by atoms with Crippen molar-refractivity contribution in [2.45, 2.75) is 16.3 Å². The van der Waals surface area contributed by atoms with Crippen LogP contribution in [0.2, 0.25) is 0 Å². The van der Waals surface area contributed by atoms with E-state index in [1.807, 2.05) is 24.3 Å². The van der Waals surface area contributed by atoms with E-state index in [4.69, 9.17) is 4.74 Å². The van der Waals surface area contributed by atoms with Crippen LogP contribution in [-0.2, 0) is 14.3 Å². The maximum Gasteiger partial charge on any atom is 0.331 e. The van der Waals surface area contributed by atoms with Crippen molar-refractivity contribution in [3.8, 4) is 0 Å². The number of nitrogens with zero attached hydrogens (tertiary/aromatic N) is 1. The molecule has 2 N–H and O–H groups in total. The molecule has 1 saturated heterocycles. The summed E-state index contributed by atoms with van der Waals surface area (Å²) in [6.45, 7) is 0.359. The first-order chi connectivity index (χ1) is 10.6. The van der Waals surface area contributed by atoms with E-state index in [2.05, 4.69) is 10.3 Å². The minimum absolute atomic E-state index is 0.0138. The number of aliphatic carboxylic acids is 1. The van der Waals surface area contributed by atoms with Crippen LogP contribution >= 0.6 is 23.1 Å². The fraction of sp³-hybridized carbons (Fsp3) is 0.357. The minimum atomic E-state index is -1.29. The first-order valence-electron chi connectivity index (χ1n) is 6.70. The monoisotopic (exact) mass is 338 g/mol. The lowest BCUT2D eigenvalue weighted by Crippen LogP contribution is -2.55. The Kier molecular flexibility index (Phi) is 4.32. The van der Waals surface area contributed by atoms with E-state index >= 15 is 0 Å². The fourth-order valence-corrected chi connectivity index (χ4v) is 4.10. The van der Waals surface area contributed by atoms with Crippen molar-refractivity contribution < 1.29 is 19.4 Å². The number of carboxylic acid groups (broad SMARTS) is 1. The van der Waals surface area contributed by atoms with Gasteiger partial charge in [-0.05, 0) is 12.1 Å². The van der Waals surface area contributed by atoms with Crippen molar-refractivity contribution in [3.63, 3.8) is 0 Å². The van der Waals surface area contributed by atoms with E-state index in [1.54, 1.807) is 0 Å². The van der Waals surface area contributed by atoms with E-state index in [-0.39, 0.29) is 18.3 Å². The van der Waals surface area contributed by atoms with Crippen LogP contribution in [0.25, 0.3) is 10.2 Å². The standard InChI is InChI=1S/C14H14N2O4S2/c17-11(16-14(12(18)19)5-6-20-8-14)7-21-13-15-9-3-1-2-4-10(9)22-13/h1-4H,5-8H2,(H,16,17)(H,18,19). The Labute approximate surface area is 134 Å². The summed E-state index contributed by atoms with van der Waals surface area (Å²) in [7, 11) is 0. The van der Waals surface area contributed by atoms with Gasteiger partial charge in [-0.3, -0.25) is 4.79 Å². The summed E-state index contributed by atoms with van der Waals surface area (Å²) >= 11 is 2.83. The number of carboxylic acids is 1. The van der Waals surface area contributed by atoms with Crippen LogP contribution in [0.3, 0.4) is 0 Å². The molecular weight excluding hydrogens is 324 g/mol. The van der Waals surface area contributed by atoms with Gasteiger partial charge in [-0.25, -0.2) is 9.78 Å². The lowest BCUT2D eigenvalue weighted by Gasteiger charge is -2.23. The smallest absolute Gasteiger partial charge is 0.331 e. The molecule has 22 heavy (non-hydrogen) atoms. The molecule has 0 radical (unpaired) electrons. The van der Waals surface area contributed by atoms with Crippen molar-refractivity contribution in [2.24, 2.45) is 0 Å². The third-order valence-electron chi connectivity index (χ3n) is 3.41. The summed E-state index contributed by atoms with van der Waals surface area (Å²) in [5.41, 5.74) is -0.382. The average Bonchev–Trinajstić information content (AvgIpc) is 3.11. The number of carbonyl (C=O) groups is 2. The number of carbonyl (C=O) groups excluding carboxylic acids is 1. The summed E-state index contributed by atoms with van der Waals surface area (Å²) < 4.78 is 6.97. The number of thiazole rings is 1. The molecule has 8 heteroatoms. The van der Waals surface area contributed by atoms with Crippen LogP contribution in [0.4, 0.5) is 0 Å². The zero-order valence-corrected chi connectivity index (χ0v) is 13.2. The molecule has 1 aliphatic heterocycles. The van der Waals surface area contributed by atoms with Gasteiger partial charge >= 0.3 is 5.97 Å². The third-order valence-corrected chi connectivity index (χ3v) is 5.59. The average molecular weight is 338 g/mol. The van der Waals surface area contributed by atoms with Gasteiger partial charge in [-0.2, -0.15) is 0 Å². The predicted molar refractivity (Wildman–Crippen MR) is 84.3 cm³/mol. The number of hydrogen-bond acceptors (Lipinski definition) is 6. The van der Waals surface area contributed by atoms with Crippen LogP contribution in [0.5, 0.6) is 0 Å². The molecule has 0 spiro atoms. The second-order valence-electron chi connectivity index (χ2n) is 4.97. The molecule has 1 fully saturated rings. The predicted octanol–water partition coefficient (Wildman–Crippen LogP) is 1.75. The molecule has 116 valence electrons. The Morgan fingerprint density at radius 1 is 1.45 bits per heavy atom. The summed E-state index contributed by atoms with van der Waals surface area (Å²) in [5.74, 6) is -1.24. The van der Waals surface area contributed by atoms with Crippen LogP contribution in [-0.4, -0.2) is 46.5 Å². The Balaban J connectivity index is 1.61. The largest absolute Gasteiger partial charge is 0.479 e. The highest BCUT2D eigenvalue weighted by Gasteiger charge is 2.43. The van der Waals surface area contributed by atoms with Gasteiger partial charge in [-0.1, -0.05) is 23.9 Å². The molecular formula is C14H14N2O4S2. The molecule has 1 unspecified atom stereocenters. The highest BCUT2D eigenvalue weighted by molar-refractivity contribution is 8.01. The Morgan fingerprint density at radius 3 is 2.95 bits per heavy atom.